The lowest BCUT2D eigenvalue weighted by molar-refractivity contribution is 0.150. The molecular weight excluding hydrogens is 252 g/mol. The van der Waals surface area contributed by atoms with E-state index < -0.39 is 0 Å². The van der Waals surface area contributed by atoms with Crippen LogP contribution in [0.2, 0.25) is 0 Å². The number of ether oxygens (including phenoxy) is 2. The molecule has 1 aromatic carbocycles. The Hall–Kier alpha value is -1.22. The lowest BCUT2D eigenvalue weighted by atomic mass is 9.82. The normalized spacial score (nSPS) is 21.4. The Morgan fingerprint density at radius 3 is 2.10 bits per heavy atom. The average molecular weight is 278 g/mol. The molecule has 1 aliphatic carbocycles. The maximum Gasteiger partial charge on any atom is 0.161 e. The summed E-state index contributed by atoms with van der Waals surface area (Å²) in [5.41, 5.74) is 2.22. The Kier molecular flexibility index (Phi) is 5.30. The van der Waals surface area contributed by atoms with Crippen molar-refractivity contribution >= 4 is 0 Å². The first-order valence-electron chi connectivity index (χ1n) is 7.78. The first-order valence-corrected chi connectivity index (χ1v) is 7.78. The van der Waals surface area contributed by atoms with E-state index in [2.05, 4.69) is 26.8 Å². The van der Waals surface area contributed by atoms with E-state index in [-0.39, 0.29) is 6.10 Å². The van der Waals surface area contributed by atoms with Crippen LogP contribution in [0.3, 0.4) is 0 Å². The molecule has 2 rings (SSSR count). The summed E-state index contributed by atoms with van der Waals surface area (Å²) in [6.45, 7) is 7.76. The summed E-state index contributed by atoms with van der Waals surface area (Å²) in [7, 11) is 0. The van der Waals surface area contributed by atoms with Crippen LogP contribution in [0.15, 0.2) is 12.1 Å². The Morgan fingerprint density at radius 1 is 1.00 bits per heavy atom. The van der Waals surface area contributed by atoms with Gasteiger partial charge in [0, 0.05) is 0 Å². The fraction of sp³-hybridized carbons (Fsp3) is 0.647. The van der Waals surface area contributed by atoms with Gasteiger partial charge in [0.05, 0.1) is 19.3 Å². The van der Waals surface area contributed by atoms with Crippen LogP contribution < -0.4 is 9.47 Å². The minimum absolute atomic E-state index is 0.370. The summed E-state index contributed by atoms with van der Waals surface area (Å²) in [6.07, 6.45) is 3.42. The first-order chi connectivity index (χ1) is 9.67. The fourth-order valence-electron chi connectivity index (χ4n) is 2.68. The van der Waals surface area contributed by atoms with E-state index in [9.17, 15) is 5.11 Å². The minimum Gasteiger partial charge on any atom is -0.490 e. The number of aliphatic hydroxyl groups is 1. The molecule has 2 atom stereocenters. The molecule has 0 radical (unpaired) electrons. The summed E-state index contributed by atoms with van der Waals surface area (Å²) in [5, 5.41) is 10.2. The highest BCUT2D eigenvalue weighted by Crippen LogP contribution is 2.43. The number of hydrogen-bond acceptors (Lipinski definition) is 3. The second-order valence-electron chi connectivity index (χ2n) is 5.62. The molecule has 1 unspecified atom stereocenters. The van der Waals surface area contributed by atoms with Gasteiger partial charge in [-0.1, -0.05) is 20.8 Å². The van der Waals surface area contributed by atoms with E-state index in [1.165, 1.54) is 5.56 Å². The van der Waals surface area contributed by atoms with Crippen LogP contribution in [-0.4, -0.2) is 18.3 Å². The third kappa shape index (κ3) is 3.26. The van der Waals surface area contributed by atoms with E-state index in [1.807, 2.05) is 6.07 Å². The monoisotopic (exact) mass is 278 g/mol. The van der Waals surface area contributed by atoms with Crippen molar-refractivity contribution in [3.8, 4) is 11.5 Å². The molecule has 0 aliphatic heterocycles. The Balaban J connectivity index is 2.35. The van der Waals surface area contributed by atoms with Crippen molar-refractivity contribution in [1.82, 2.24) is 0 Å². The molecule has 1 aromatic rings. The van der Waals surface area contributed by atoms with Crippen molar-refractivity contribution in [1.29, 1.82) is 0 Å². The molecule has 0 saturated heterocycles. The van der Waals surface area contributed by atoms with Crippen LogP contribution in [0.25, 0.3) is 0 Å². The molecule has 112 valence electrons. The van der Waals surface area contributed by atoms with Gasteiger partial charge >= 0.3 is 0 Å². The smallest absolute Gasteiger partial charge is 0.161 e. The van der Waals surface area contributed by atoms with Crippen molar-refractivity contribution in [2.75, 3.05) is 13.2 Å². The zero-order valence-corrected chi connectivity index (χ0v) is 12.8. The van der Waals surface area contributed by atoms with Crippen molar-refractivity contribution in [3.63, 3.8) is 0 Å². The Morgan fingerprint density at radius 2 is 1.55 bits per heavy atom. The predicted molar refractivity (Wildman–Crippen MR) is 80.6 cm³/mol. The Bertz CT molecular complexity index is 401. The number of benzene rings is 1. The van der Waals surface area contributed by atoms with Crippen LogP contribution in [0.4, 0.5) is 0 Å². The molecular formula is C17H26O3. The van der Waals surface area contributed by atoms with Gasteiger partial charge in [-0.05, 0) is 54.9 Å². The van der Waals surface area contributed by atoms with E-state index in [0.29, 0.717) is 19.1 Å². The van der Waals surface area contributed by atoms with Crippen molar-refractivity contribution < 1.29 is 14.6 Å². The number of aliphatic hydroxyl groups excluding tert-OH is 1. The van der Waals surface area contributed by atoms with Gasteiger partial charge in [-0.15, -0.1) is 0 Å². The highest BCUT2D eigenvalue weighted by Gasteiger charge is 2.25. The molecule has 3 heteroatoms. The SMILES string of the molecule is CCCOc1cc2c(cc1OCCC)[C@H](O)CCC2C. The molecule has 0 aromatic heterocycles. The molecule has 1 N–H and O–H groups in total. The molecule has 0 amide bonds. The summed E-state index contributed by atoms with van der Waals surface area (Å²) >= 11 is 0. The van der Waals surface area contributed by atoms with Crippen LogP contribution in [-0.2, 0) is 0 Å². The van der Waals surface area contributed by atoms with Crippen molar-refractivity contribution in [3.05, 3.63) is 23.3 Å². The molecule has 1 aliphatic rings. The largest absolute Gasteiger partial charge is 0.490 e. The summed E-state index contributed by atoms with van der Waals surface area (Å²) in [6, 6.07) is 4.05. The number of rotatable bonds is 6. The van der Waals surface area contributed by atoms with Gasteiger partial charge in [0.1, 0.15) is 0 Å². The Labute approximate surface area is 121 Å². The number of fused-ring (bicyclic) bond motifs is 1. The van der Waals surface area contributed by atoms with Crippen LogP contribution in [0.1, 0.15) is 69.6 Å². The zero-order valence-electron chi connectivity index (χ0n) is 12.8. The van der Waals surface area contributed by atoms with Crippen molar-refractivity contribution in [2.24, 2.45) is 0 Å². The van der Waals surface area contributed by atoms with Crippen LogP contribution in [0.5, 0.6) is 11.5 Å². The fourth-order valence-corrected chi connectivity index (χ4v) is 2.68. The summed E-state index contributed by atoms with van der Waals surface area (Å²) in [5.74, 6) is 2.06. The first kappa shape index (κ1) is 15.2. The highest BCUT2D eigenvalue weighted by atomic mass is 16.5. The predicted octanol–water partition coefficient (Wildman–Crippen LogP) is 4.19. The third-order valence-corrected chi connectivity index (χ3v) is 3.84. The zero-order chi connectivity index (χ0) is 14.5. The second kappa shape index (κ2) is 6.98. The lowest BCUT2D eigenvalue weighted by Crippen LogP contribution is -2.14. The molecule has 3 nitrogen and oxygen atoms in total. The van der Waals surface area contributed by atoms with Gasteiger partial charge in [-0.25, -0.2) is 0 Å². The molecule has 0 bridgehead atoms. The summed E-state index contributed by atoms with van der Waals surface area (Å²) < 4.78 is 11.6. The van der Waals surface area contributed by atoms with Crippen molar-refractivity contribution in [2.45, 2.75) is 58.5 Å². The maximum absolute atomic E-state index is 10.2. The van der Waals surface area contributed by atoms with Gasteiger partial charge in [0.15, 0.2) is 11.5 Å². The molecule has 0 fully saturated rings. The molecule has 0 heterocycles. The van der Waals surface area contributed by atoms with Gasteiger partial charge < -0.3 is 14.6 Å². The van der Waals surface area contributed by atoms with Crippen LogP contribution in [0, 0.1) is 0 Å². The minimum atomic E-state index is -0.370. The van der Waals surface area contributed by atoms with E-state index >= 15 is 0 Å². The standard InChI is InChI=1S/C17H26O3/c1-4-8-19-16-10-13-12(3)6-7-15(18)14(13)11-17(16)20-9-5-2/h10-12,15,18H,4-9H2,1-3H3/t12?,15-/m1/s1. The third-order valence-electron chi connectivity index (χ3n) is 3.84. The molecule has 0 spiro atoms. The van der Waals surface area contributed by atoms with Gasteiger partial charge in [-0.3, -0.25) is 0 Å². The van der Waals surface area contributed by atoms with E-state index in [1.54, 1.807) is 0 Å². The van der Waals surface area contributed by atoms with Gasteiger partial charge in [-0.2, -0.15) is 0 Å². The lowest BCUT2D eigenvalue weighted by Gasteiger charge is -2.28. The van der Waals surface area contributed by atoms with Crippen LogP contribution >= 0.6 is 0 Å². The second-order valence-corrected chi connectivity index (χ2v) is 5.62. The maximum atomic E-state index is 10.2. The van der Waals surface area contributed by atoms with E-state index in [4.69, 9.17) is 9.47 Å². The number of hydrogen-bond donors (Lipinski definition) is 1. The topological polar surface area (TPSA) is 38.7 Å². The molecule has 0 saturated carbocycles. The summed E-state index contributed by atoms with van der Waals surface area (Å²) in [4.78, 5) is 0. The van der Waals surface area contributed by atoms with Gasteiger partial charge in [0.25, 0.3) is 0 Å². The quantitative estimate of drug-likeness (QED) is 0.847. The average Bonchev–Trinajstić information content (AvgIpc) is 2.46. The van der Waals surface area contributed by atoms with E-state index in [0.717, 1.165) is 42.7 Å². The molecule has 20 heavy (non-hydrogen) atoms. The van der Waals surface area contributed by atoms with Gasteiger partial charge in [0.2, 0.25) is 0 Å². The highest BCUT2D eigenvalue weighted by molar-refractivity contribution is 5.50.